The van der Waals surface area contributed by atoms with Crippen molar-refractivity contribution in [2.24, 2.45) is 7.05 Å². The normalized spacial score (nSPS) is 10.5. The van der Waals surface area contributed by atoms with Gasteiger partial charge in [0, 0.05) is 29.0 Å². The summed E-state index contributed by atoms with van der Waals surface area (Å²) in [6.07, 6.45) is 1.74. The van der Waals surface area contributed by atoms with E-state index in [0.29, 0.717) is 16.4 Å². The molecule has 0 radical (unpaired) electrons. The number of amides is 2. The summed E-state index contributed by atoms with van der Waals surface area (Å²) in [5.41, 5.74) is 3.20. The summed E-state index contributed by atoms with van der Waals surface area (Å²) >= 11 is 9.40. The second-order valence-corrected chi connectivity index (χ2v) is 6.43. The zero-order valence-corrected chi connectivity index (χ0v) is 15.1. The van der Waals surface area contributed by atoms with Crippen LogP contribution in [0.2, 0.25) is 5.02 Å². The monoisotopic (exact) mass is 404 g/mol. The van der Waals surface area contributed by atoms with Crippen molar-refractivity contribution in [3.05, 3.63) is 64.2 Å². The fourth-order valence-corrected chi connectivity index (χ4v) is 3.11. The summed E-state index contributed by atoms with van der Waals surface area (Å²) in [4.78, 5) is 12.1. The number of halogens is 2. The molecule has 0 aliphatic carbocycles. The van der Waals surface area contributed by atoms with E-state index in [2.05, 4.69) is 31.7 Å². The maximum absolute atomic E-state index is 12.1. The summed E-state index contributed by atoms with van der Waals surface area (Å²) in [6.45, 7) is 0. The Balaban J connectivity index is 1.76. The Kier molecular flexibility index (Phi) is 4.87. The van der Waals surface area contributed by atoms with E-state index in [1.54, 1.807) is 35.1 Å². The molecule has 0 fully saturated rings. The number of nitrogens with zero attached hydrogens (tertiary/aromatic N) is 2. The van der Waals surface area contributed by atoms with Crippen molar-refractivity contribution in [2.45, 2.75) is 0 Å². The van der Waals surface area contributed by atoms with Crippen molar-refractivity contribution < 1.29 is 4.79 Å². The van der Waals surface area contributed by atoms with Crippen LogP contribution < -0.4 is 10.6 Å². The molecule has 24 heavy (non-hydrogen) atoms. The third-order valence-electron chi connectivity index (χ3n) is 3.37. The van der Waals surface area contributed by atoms with E-state index in [4.69, 9.17) is 11.6 Å². The smallest absolute Gasteiger partial charge is 0.308 e. The van der Waals surface area contributed by atoms with E-state index in [1.165, 1.54) is 0 Å². The van der Waals surface area contributed by atoms with Crippen LogP contribution in [0.25, 0.3) is 11.3 Å². The van der Waals surface area contributed by atoms with Crippen LogP contribution in [0.15, 0.2) is 59.2 Å². The van der Waals surface area contributed by atoms with E-state index < -0.39 is 0 Å². The molecule has 3 aromatic rings. The number of aryl methyl sites for hydroxylation is 1. The summed E-state index contributed by atoms with van der Waals surface area (Å²) < 4.78 is 2.67. The van der Waals surface area contributed by atoms with E-state index in [9.17, 15) is 4.79 Å². The molecule has 2 N–H and O–H groups in total. The lowest BCUT2D eigenvalue weighted by Crippen LogP contribution is -2.19. The van der Waals surface area contributed by atoms with Gasteiger partial charge in [-0.3, -0.25) is 4.68 Å². The van der Waals surface area contributed by atoms with Gasteiger partial charge in [-0.05, 0) is 46.3 Å². The van der Waals surface area contributed by atoms with Crippen LogP contribution in [-0.4, -0.2) is 15.8 Å². The van der Waals surface area contributed by atoms with Crippen molar-refractivity contribution in [1.82, 2.24) is 9.78 Å². The molecule has 0 bridgehead atoms. The third-order valence-corrected chi connectivity index (χ3v) is 4.19. The molecule has 5 nitrogen and oxygen atoms in total. The Labute approximate surface area is 152 Å². The first-order chi connectivity index (χ1) is 11.5. The maximum Gasteiger partial charge on any atom is 0.323 e. The predicted octanol–water partition coefficient (Wildman–Crippen LogP) is 5.15. The van der Waals surface area contributed by atoms with Crippen LogP contribution in [-0.2, 0) is 7.05 Å². The van der Waals surface area contributed by atoms with Gasteiger partial charge in [-0.2, -0.15) is 5.10 Å². The highest BCUT2D eigenvalue weighted by molar-refractivity contribution is 9.10. The first-order valence-corrected chi connectivity index (χ1v) is 8.31. The number of aromatic nitrogens is 2. The Morgan fingerprint density at radius 3 is 2.42 bits per heavy atom. The Hall–Kier alpha value is -2.31. The highest BCUT2D eigenvalue weighted by Gasteiger charge is 2.10. The van der Waals surface area contributed by atoms with Crippen LogP contribution in [0.4, 0.5) is 16.2 Å². The van der Waals surface area contributed by atoms with Crippen molar-refractivity contribution in [3.8, 4) is 11.3 Å². The predicted molar refractivity (Wildman–Crippen MR) is 100 cm³/mol. The first kappa shape index (κ1) is 16.5. The largest absolute Gasteiger partial charge is 0.323 e. The van der Waals surface area contributed by atoms with Crippen molar-refractivity contribution >= 4 is 44.9 Å². The molecule has 7 heteroatoms. The van der Waals surface area contributed by atoms with Crippen LogP contribution in [0.1, 0.15) is 0 Å². The van der Waals surface area contributed by atoms with Gasteiger partial charge in [0.25, 0.3) is 0 Å². The molecule has 3 rings (SSSR count). The molecule has 0 aliphatic heterocycles. The van der Waals surface area contributed by atoms with E-state index in [-0.39, 0.29) is 6.03 Å². The van der Waals surface area contributed by atoms with E-state index in [0.717, 1.165) is 15.7 Å². The van der Waals surface area contributed by atoms with Crippen molar-refractivity contribution in [3.63, 3.8) is 0 Å². The van der Waals surface area contributed by atoms with E-state index >= 15 is 0 Å². The standard InChI is InChI=1S/C17H14BrClN4O/c1-23-16(15(18)10-20-23)11-4-2-6-13(8-11)21-17(24)22-14-7-3-5-12(19)9-14/h2-10H,1H3,(H2,21,22,24). The average molecular weight is 406 g/mol. The quantitative estimate of drug-likeness (QED) is 0.633. The minimum atomic E-state index is -0.335. The molecule has 0 aliphatic rings. The summed E-state index contributed by atoms with van der Waals surface area (Å²) in [7, 11) is 1.87. The van der Waals surface area contributed by atoms with Gasteiger partial charge >= 0.3 is 6.03 Å². The fourth-order valence-electron chi connectivity index (χ4n) is 2.34. The van der Waals surface area contributed by atoms with Crippen LogP contribution in [0.5, 0.6) is 0 Å². The molecule has 0 spiro atoms. The Morgan fingerprint density at radius 1 is 1.12 bits per heavy atom. The lowest BCUT2D eigenvalue weighted by atomic mass is 10.1. The van der Waals surface area contributed by atoms with Gasteiger partial charge in [-0.25, -0.2) is 4.79 Å². The minimum Gasteiger partial charge on any atom is -0.308 e. The van der Waals surface area contributed by atoms with Crippen molar-refractivity contribution in [2.75, 3.05) is 10.6 Å². The van der Waals surface area contributed by atoms with Gasteiger partial charge in [0.05, 0.1) is 16.4 Å². The van der Waals surface area contributed by atoms with Gasteiger partial charge in [0.15, 0.2) is 0 Å². The molecule has 0 saturated heterocycles. The van der Waals surface area contributed by atoms with Gasteiger partial charge < -0.3 is 10.6 Å². The van der Waals surface area contributed by atoms with Gasteiger partial charge in [0.2, 0.25) is 0 Å². The average Bonchev–Trinajstić information content (AvgIpc) is 2.86. The zero-order valence-electron chi connectivity index (χ0n) is 12.8. The number of nitrogens with one attached hydrogen (secondary N) is 2. The number of rotatable bonds is 3. The highest BCUT2D eigenvalue weighted by Crippen LogP contribution is 2.29. The molecule has 0 saturated carbocycles. The SMILES string of the molecule is Cn1ncc(Br)c1-c1cccc(NC(=O)Nc2cccc(Cl)c2)c1. The number of anilines is 2. The minimum absolute atomic E-state index is 0.335. The Bertz CT molecular complexity index is 874. The number of urea groups is 1. The zero-order chi connectivity index (χ0) is 17.1. The highest BCUT2D eigenvalue weighted by atomic mass is 79.9. The second kappa shape index (κ2) is 7.07. The van der Waals surface area contributed by atoms with Crippen molar-refractivity contribution in [1.29, 1.82) is 0 Å². The Morgan fingerprint density at radius 2 is 1.79 bits per heavy atom. The molecule has 122 valence electrons. The number of carbonyl (C=O) groups excluding carboxylic acids is 1. The molecule has 1 aromatic heterocycles. The molecular weight excluding hydrogens is 392 g/mol. The topological polar surface area (TPSA) is 59.0 Å². The molecule has 0 unspecified atom stereocenters. The van der Waals surface area contributed by atoms with Crippen LogP contribution in [0.3, 0.4) is 0 Å². The van der Waals surface area contributed by atoms with Crippen LogP contribution >= 0.6 is 27.5 Å². The lowest BCUT2D eigenvalue weighted by Gasteiger charge is -2.10. The number of hydrogen-bond donors (Lipinski definition) is 2. The molecule has 0 atom stereocenters. The number of hydrogen-bond acceptors (Lipinski definition) is 2. The molecule has 2 aromatic carbocycles. The van der Waals surface area contributed by atoms with Gasteiger partial charge in [0.1, 0.15) is 0 Å². The second-order valence-electron chi connectivity index (χ2n) is 5.13. The number of carbonyl (C=O) groups is 1. The third kappa shape index (κ3) is 3.77. The molecule has 1 heterocycles. The summed E-state index contributed by atoms with van der Waals surface area (Å²) in [5, 5.41) is 10.3. The summed E-state index contributed by atoms with van der Waals surface area (Å²) in [5.74, 6) is 0. The van der Waals surface area contributed by atoms with E-state index in [1.807, 2.05) is 31.3 Å². The number of benzene rings is 2. The summed E-state index contributed by atoms with van der Waals surface area (Å²) in [6, 6.07) is 14.2. The first-order valence-electron chi connectivity index (χ1n) is 7.14. The fraction of sp³-hybridized carbons (Fsp3) is 0.0588. The van der Waals surface area contributed by atoms with Gasteiger partial charge in [-0.1, -0.05) is 29.8 Å². The molecular formula is C17H14BrClN4O. The molecule has 2 amide bonds. The maximum atomic E-state index is 12.1. The lowest BCUT2D eigenvalue weighted by molar-refractivity contribution is 0.262. The van der Waals surface area contributed by atoms with Crippen LogP contribution in [0, 0.1) is 0 Å². The van der Waals surface area contributed by atoms with Gasteiger partial charge in [-0.15, -0.1) is 0 Å².